The second-order valence-electron chi connectivity index (χ2n) is 6.40. The Bertz CT molecular complexity index is 886. The van der Waals surface area contributed by atoms with E-state index in [4.69, 9.17) is 15.6 Å². The maximum absolute atomic E-state index is 12.2. The van der Waals surface area contributed by atoms with Gasteiger partial charge in [-0.3, -0.25) is 4.79 Å². The normalized spacial score (nSPS) is 19.2. The van der Waals surface area contributed by atoms with Gasteiger partial charge < -0.3 is 15.8 Å². The smallest absolute Gasteiger partial charge is 0.238 e. The molecule has 1 aliphatic rings. The average molecular weight is 412 g/mol. The molecule has 1 amide bonds. The molecule has 0 heterocycles. The number of carbonyl (C=O) groups is 1. The molecule has 0 aromatic heterocycles. The van der Waals surface area contributed by atoms with E-state index in [9.17, 15) is 13.2 Å². The second kappa shape index (κ2) is 8.71. The van der Waals surface area contributed by atoms with Gasteiger partial charge in [-0.05, 0) is 67.8 Å². The van der Waals surface area contributed by atoms with Crippen LogP contribution in [-0.2, 0) is 14.8 Å². The number of rotatable bonds is 5. The highest BCUT2D eigenvalue weighted by Crippen LogP contribution is 2.27. The zero-order valence-corrected chi connectivity index (χ0v) is 16.1. The average Bonchev–Trinajstić information content (AvgIpc) is 3.03. The van der Waals surface area contributed by atoms with Gasteiger partial charge in [0.15, 0.2) is 0 Å². The highest BCUT2D eigenvalue weighted by molar-refractivity contribution is 7.89. The van der Waals surface area contributed by atoms with E-state index in [0.717, 1.165) is 19.3 Å². The molecule has 146 valence electrons. The highest BCUT2D eigenvalue weighted by atomic mass is 35.5. The first-order valence-corrected chi connectivity index (χ1v) is 9.83. The lowest BCUT2D eigenvalue weighted by molar-refractivity contribution is -0.119. The predicted octanol–water partition coefficient (Wildman–Crippen LogP) is 2.61. The summed E-state index contributed by atoms with van der Waals surface area (Å²) in [6, 6.07) is 12.9. The number of nitrogens with one attached hydrogen (secondary N) is 1. The number of hydrogen-bond acceptors (Lipinski definition) is 5. The first kappa shape index (κ1) is 21.2. The van der Waals surface area contributed by atoms with Crippen LogP contribution in [0.4, 0.5) is 5.69 Å². The van der Waals surface area contributed by atoms with Gasteiger partial charge in [0.1, 0.15) is 11.5 Å². The third kappa shape index (κ3) is 5.67. The first-order valence-electron chi connectivity index (χ1n) is 8.28. The third-order valence-corrected chi connectivity index (χ3v) is 5.28. The Kier molecular flexibility index (Phi) is 6.83. The van der Waals surface area contributed by atoms with Crippen molar-refractivity contribution in [1.29, 1.82) is 0 Å². The van der Waals surface area contributed by atoms with Gasteiger partial charge in [0, 0.05) is 17.6 Å². The maximum Gasteiger partial charge on any atom is 0.238 e. The zero-order valence-electron chi connectivity index (χ0n) is 14.5. The third-order valence-electron chi connectivity index (χ3n) is 4.35. The topological polar surface area (TPSA) is 125 Å². The molecule has 0 aliphatic heterocycles. The molecule has 1 aliphatic carbocycles. The fraction of sp³-hybridized carbons (Fsp3) is 0.278. The molecule has 1 fully saturated rings. The van der Waals surface area contributed by atoms with Crippen LogP contribution < -0.4 is 20.9 Å². The van der Waals surface area contributed by atoms with E-state index in [2.05, 4.69) is 5.32 Å². The molecule has 1 saturated carbocycles. The first-order chi connectivity index (χ1) is 12.3. The minimum absolute atomic E-state index is 0. The molecular formula is C18H22ClN3O4S. The van der Waals surface area contributed by atoms with E-state index >= 15 is 0 Å². The van der Waals surface area contributed by atoms with Crippen LogP contribution in [0.1, 0.15) is 19.3 Å². The van der Waals surface area contributed by atoms with Gasteiger partial charge in [-0.1, -0.05) is 0 Å². The van der Waals surface area contributed by atoms with Gasteiger partial charge >= 0.3 is 0 Å². The van der Waals surface area contributed by atoms with E-state index in [1.165, 1.54) is 24.3 Å². The van der Waals surface area contributed by atoms with Gasteiger partial charge in [0.2, 0.25) is 15.9 Å². The van der Waals surface area contributed by atoms with Gasteiger partial charge in [0.05, 0.1) is 4.90 Å². The number of benzene rings is 2. The standard InChI is InChI=1S/C18H21N3O4S.ClH/c19-13-2-1-12(11-13)18(22)21-14-3-5-15(6-4-14)25-16-7-9-17(10-8-16)26(20,23)24;/h3-10,12-13H,1-2,11,19H2,(H,21,22)(H2,20,23,24);1H. The maximum atomic E-state index is 12.2. The number of halogens is 1. The fourth-order valence-corrected chi connectivity index (χ4v) is 3.45. The summed E-state index contributed by atoms with van der Waals surface area (Å²) < 4.78 is 28.1. The van der Waals surface area contributed by atoms with Gasteiger partial charge in [-0.2, -0.15) is 0 Å². The van der Waals surface area contributed by atoms with Crippen LogP contribution in [-0.4, -0.2) is 20.4 Å². The number of amides is 1. The summed E-state index contributed by atoms with van der Waals surface area (Å²) in [6.45, 7) is 0. The van der Waals surface area contributed by atoms with Gasteiger partial charge in [-0.25, -0.2) is 13.6 Å². The lowest BCUT2D eigenvalue weighted by Crippen LogP contribution is -2.23. The van der Waals surface area contributed by atoms with Crippen molar-refractivity contribution in [3.63, 3.8) is 0 Å². The molecule has 2 aromatic carbocycles. The fourth-order valence-electron chi connectivity index (χ4n) is 2.94. The monoisotopic (exact) mass is 411 g/mol. The number of hydrogen-bond donors (Lipinski definition) is 3. The van der Waals surface area contributed by atoms with Crippen LogP contribution in [0.3, 0.4) is 0 Å². The molecule has 2 unspecified atom stereocenters. The molecule has 5 N–H and O–H groups in total. The van der Waals surface area contributed by atoms with Crippen LogP contribution in [0.5, 0.6) is 11.5 Å². The van der Waals surface area contributed by atoms with Crippen LogP contribution in [0.15, 0.2) is 53.4 Å². The Labute approximate surface area is 164 Å². The Balaban J connectivity index is 0.00000261. The Morgan fingerprint density at radius 1 is 1.00 bits per heavy atom. The molecule has 0 saturated heterocycles. The minimum atomic E-state index is -3.72. The lowest BCUT2D eigenvalue weighted by atomic mass is 10.1. The highest BCUT2D eigenvalue weighted by Gasteiger charge is 2.27. The van der Waals surface area contributed by atoms with E-state index in [1.807, 2.05) is 0 Å². The Morgan fingerprint density at radius 3 is 2.04 bits per heavy atom. The summed E-state index contributed by atoms with van der Waals surface area (Å²) >= 11 is 0. The summed E-state index contributed by atoms with van der Waals surface area (Å²) in [5.74, 6) is 1.01. The van der Waals surface area contributed by atoms with E-state index in [-0.39, 0.29) is 35.2 Å². The van der Waals surface area contributed by atoms with E-state index < -0.39 is 10.0 Å². The molecule has 0 bridgehead atoms. The lowest BCUT2D eigenvalue weighted by Gasteiger charge is -2.11. The quantitative estimate of drug-likeness (QED) is 0.697. The summed E-state index contributed by atoms with van der Waals surface area (Å²) in [5, 5.41) is 7.95. The molecule has 0 radical (unpaired) electrons. The van der Waals surface area contributed by atoms with Crippen LogP contribution in [0.2, 0.25) is 0 Å². The van der Waals surface area contributed by atoms with Crippen molar-refractivity contribution in [2.24, 2.45) is 16.8 Å². The van der Waals surface area contributed by atoms with E-state index in [0.29, 0.717) is 17.2 Å². The molecule has 3 rings (SSSR count). The SMILES string of the molecule is Cl.NC1CCC(C(=O)Nc2ccc(Oc3ccc(S(N)(=O)=O)cc3)cc2)C1. The van der Waals surface area contributed by atoms with Gasteiger partial charge in [-0.15, -0.1) is 12.4 Å². The molecule has 9 heteroatoms. The molecular weight excluding hydrogens is 390 g/mol. The summed E-state index contributed by atoms with van der Waals surface area (Å²) in [7, 11) is -3.72. The van der Waals surface area contributed by atoms with Crippen molar-refractivity contribution in [2.75, 3.05) is 5.32 Å². The number of nitrogens with two attached hydrogens (primary N) is 2. The summed E-state index contributed by atoms with van der Waals surface area (Å²) in [5.41, 5.74) is 6.53. The predicted molar refractivity (Wildman–Crippen MR) is 106 cm³/mol. The van der Waals surface area contributed by atoms with Crippen molar-refractivity contribution in [3.8, 4) is 11.5 Å². The largest absolute Gasteiger partial charge is 0.457 e. The summed E-state index contributed by atoms with van der Waals surface area (Å²) in [4.78, 5) is 12.2. The minimum Gasteiger partial charge on any atom is -0.457 e. The number of carbonyl (C=O) groups excluding carboxylic acids is 1. The molecule has 2 aromatic rings. The van der Waals surface area contributed by atoms with Crippen molar-refractivity contribution < 1.29 is 17.9 Å². The zero-order chi connectivity index (χ0) is 18.7. The molecule has 0 spiro atoms. The van der Waals surface area contributed by atoms with Crippen LogP contribution in [0, 0.1) is 5.92 Å². The van der Waals surface area contributed by atoms with E-state index in [1.54, 1.807) is 24.3 Å². The van der Waals surface area contributed by atoms with Crippen molar-refractivity contribution in [1.82, 2.24) is 0 Å². The van der Waals surface area contributed by atoms with Gasteiger partial charge in [0.25, 0.3) is 0 Å². The molecule has 27 heavy (non-hydrogen) atoms. The Hall–Kier alpha value is -2.13. The molecule has 2 atom stereocenters. The van der Waals surface area contributed by atoms with Crippen molar-refractivity contribution in [3.05, 3.63) is 48.5 Å². The Morgan fingerprint density at radius 2 is 1.56 bits per heavy atom. The number of anilines is 1. The van der Waals surface area contributed by atoms with Crippen LogP contribution in [0.25, 0.3) is 0 Å². The summed E-state index contributed by atoms with van der Waals surface area (Å²) in [6.07, 6.45) is 2.43. The number of sulfonamides is 1. The van der Waals surface area contributed by atoms with Crippen molar-refractivity contribution >= 4 is 34.0 Å². The van der Waals surface area contributed by atoms with Crippen molar-refractivity contribution in [2.45, 2.75) is 30.2 Å². The molecule has 7 nitrogen and oxygen atoms in total. The number of primary sulfonamides is 1. The second-order valence-corrected chi connectivity index (χ2v) is 7.96. The van der Waals surface area contributed by atoms with Crippen LogP contribution >= 0.6 is 12.4 Å². The number of ether oxygens (including phenoxy) is 1.